The van der Waals surface area contributed by atoms with Crippen molar-refractivity contribution in [2.45, 2.75) is 32.1 Å². The van der Waals surface area contributed by atoms with E-state index < -0.39 is 5.41 Å². The van der Waals surface area contributed by atoms with E-state index in [1.165, 1.54) is 0 Å². The van der Waals surface area contributed by atoms with E-state index in [2.05, 4.69) is 10.6 Å². The summed E-state index contributed by atoms with van der Waals surface area (Å²) < 4.78 is 5.25. The van der Waals surface area contributed by atoms with E-state index in [0.29, 0.717) is 19.6 Å². The first kappa shape index (κ1) is 16.2. The summed E-state index contributed by atoms with van der Waals surface area (Å²) in [4.78, 5) is 26.3. The Kier molecular flexibility index (Phi) is 5.99. The number of amides is 2. The third-order valence-electron chi connectivity index (χ3n) is 4.55. The lowest BCUT2D eigenvalue weighted by molar-refractivity contribution is -0.136. The maximum Gasteiger partial charge on any atom is 0.228 e. The molecule has 120 valence electrons. The molecule has 0 aromatic rings. The first-order valence-electron chi connectivity index (χ1n) is 7.94. The van der Waals surface area contributed by atoms with Crippen LogP contribution in [0, 0.1) is 5.41 Å². The Morgan fingerprint density at radius 2 is 1.90 bits per heavy atom. The molecule has 6 heteroatoms. The van der Waals surface area contributed by atoms with Gasteiger partial charge in [0, 0.05) is 33.2 Å². The Balaban J connectivity index is 1.77. The monoisotopic (exact) mass is 297 g/mol. The van der Waals surface area contributed by atoms with Crippen LogP contribution in [-0.2, 0) is 14.3 Å². The van der Waals surface area contributed by atoms with Gasteiger partial charge in [-0.05, 0) is 38.8 Å². The number of hydrogen-bond acceptors (Lipinski definition) is 4. The van der Waals surface area contributed by atoms with Crippen molar-refractivity contribution in [3.05, 3.63) is 0 Å². The topological polar surface area (TPSA) is 70.7 Å². The Hall–Kier alpha value is -1.14. The first-order chi connectivity index (χ1) is 10.2. The lowest BCUT2D eigenvalue weighted by atomic mass is 9.78. The number of methoxy groups -OCH3 is 1. The number of hydrogen-bond donors (Lipinski definition) is 2. The third kappa shape index (κ3) is 4.17. The molecule has 2 heterocycles. The van der Waals surface area contributed by atoms with Gasteiger partial charge in [0.15, 0.2) is 0 Å². The van der Waals surface area contributed by atoms with Crippen molar-refractivity contribution in [3.8, 4) is 0 Å². The Labute approximate surface area is 126 Å². The van der Waals surface area contributed by atoms with Gasteiger partial charge in [-0.2, -0.15) is 0 Å². The first-order valence-corrected chi connectivity index (χ1v) is 7.94. The van der Waals surface area contributed by atoms with E-state index >= 15 is 0 Å². The van der Waals surface area contributed by atoms with Crippen molar-refractivity contribution in [2.75, 3.05) is 46.4 Å². The average Bonchev–Trinajstić information content (AvgIpc) is 3.02. The van der Waals surface area contributed by atoms with Gasteiger partial charge in [0.1, 0.15) is 0 Å². The summed E-state index contributed by atoms with van der Waals surface area (Å²) in [5, 5.41) is 6.21. The fourth-order valence-electron chi connectivity index (χ4n) is 3.21. The molecule has 2 fully saturated rings. The highest BCUT2D eigenvalue weighted by Gasteiger charge is 2.39. The number of carbonyl (C=O) groups excluding carboxylic acids is 2. The van der Waals surface area contributed by atoms with Crippen molar-refractivity contribution >= 4 is 11.8 Å². The summed E-state index contributed by atoms with van der Waals surface area (Å²) in [7, 11) is 1.63. The maximum absolute atomic E-state index is 12.5. The number of rotatable bonds is 6. The fraction of sp³-hybridized carbons (Fsp3) is 0.867. The van der Waals surface area contributed by atoms with Crippen molar-refractivity contribution in [3.63, 3.8) is 0 Å². The standard InChI is InChI=1S/C15H27N3O3/c1-21-12-15(5-8-16-9-6-15)14(20)17-7-4-13(19)18-10-2-3-11-18/h16H,2-12H2,1H3,(H,17,20). The molecule has 2 aliphatic heterocycles. The van der Waals surface area contributed by atoms with Crippen molar-refractivity contribution < 1.29 is 14.3 Å². The zero-order valence-electron chi connectivity index (χ0n) is 13.0. The molecule has 0 saturated carbocycles. The molecule has 2 amide bonds. The van der Waals surface area contributed by atoms with Gasteiger partial charge < -0.3 is 20.3 Å². The summed E-state index contributed by atoms with van der Waals surface area (Å²) in [5.74, 6) is 0.180. The van der Waals surface area contributed by atoms with Gasteiger partial charge in [-0.1, -0.05) is 0 Å². The highest BCUT2D eigenvalue weighted by molar-refractivity contribution is 5.84. The van der Waals surface area contributed by atoms with Crippen LogP contribution in [0.2, 0.25) is 0 Å². The minimum atomic E-state index is -0.434. The minimum absolute atomic E-state index is 0.0278. The average molecular weight is 297 g/mol. The molecule has 0 spiro atoms. The number of likely N-dealkylation sites (tertiary alicyclic amines) is 1. The second-order valence-corrected chi connectivity index (χ2v) is 6.06. The molecule has 6 nitrogen and oxygen atoms in total. The number of piperidine rings is 1. The number of ether oxygens (including phenoxy) is 1. The van der Waals surface area contributed by atoms with Gasteiger partial charge in [-0.3, -0.25) is 9.59 Å². The summed E-state index contributed by atoms with van der Waals surface area (Å²) >= 11 is 0. The second-order valence-electron chi connectivity index (χ2n) is 6.06. The molecule has 0 unspecified atom stereocenters. The molecule has 2 N–H and O–H groups in total. The van der Waals surface area contributed by atoms with E-state index in [9.17, 15) is 9.59 Å². The third-order valence-corrected chi connectivity index (χ3v) is 4.55. The van der Waals surface area contributed by atoms with E-state index in [1.54, 1.807) is 7.11 Å². The molecule has 2 aliphatic rings. The fourth-order valence-corrected chi connectivity index (χ4v) is 3.21. The van der Waals surface area contributed by atoms with Gasteiger partial charge in [-0.25, -0.2) is 0 Å². The normalized spacial score (nSPS) is 21.3. The summed E-state index contributed by atoms with van der Waals surface area (Å²) in [6, 6.07) is 0. The molecule has 21 heavy (non-hydrogen) atoms. The van der Waals surface area contributed by atoms with Gasteiger partial charge in [0.05, 0.1) is 12.0 Å². The number of nitrogens with one attached hydrogen (secondary N) is 2. The van der Waals surface area contributed by atoms with Crippen LogP contribution in [0.25, 0.3) is 0 Å². The predicted octanol–water partition coefficient (Wildman–Crippen LogP) is 0.131. The molecule has 0 radical (unpaired) electrons. The molecule has 0 aliphatic carbocycles. The Bertz CT molecular complexity index is 356. The molecular formula is C15H27N3O3. The van der Waals surface area contributed by atoms with Crippen LogP contribution in [0.1, 0.15) is 32.1 Å². The summed E-state index contributed by atoms with van der Waals surface area (Å²) in [6.45, 7) is 4.28. The molecule has 0 atom stereocenters. The van der Waals surface area contributed by atoms with Crippen molar-refractivity contribution in [1.29, 1.82) is 0 Å². The van der Waals surface area contributed by atoms with Crippen LogP contribution in [-0.4, -0.2) is 63.2 Å². The Morgan fingerprint density at radius 3 is 2.52 bits per heavy atom. The molecule has 0 bridgehead atoms. The highest BCUT2D eigenvalue weighted by atomic mass is 16.5. The quantitative estimate of drug-likeness (QED) is 0.731. The van der Waals surface area contributed by atoms with Crippen molar-refractivity contribution in [1.82, 2.24) is 15.5 Å². The summed E-state index contributed by atoms with van der Waals surface area (Å²) in [6.07, 6.45) is 4.16. The van der Waals surface area contributed by atoms with Crippen LogP contribution in [0.5, 0.6) is 0 Å². The molecule has 0 aromatic heterocycles. The Morgan fingerprint density at radius 1 is 1.24 bits per heavy atom. The van der Waals surface area contributed by atoms with Gasteiger partial charge in [-0.15, -0.1) is 0 Å². The largest absolute Gasteiger partial charge is 0.384 e. The molecule has 0 aromatic carbocycles. The van der Waals surface area contributed by atoms with Crippen LogP contribution < -0.4 is 10.6 Å². The molecular weight excluding hydrogens is 270 g/mol. The van der Waals surface area contributed by atoms with Gasteiger partial charge >= 0.3 is 0 Å². The molecule has 2 rings (SSSR count). The van der Waals surface area contributed by atoms with Crippen LogP contribution in [0.4, 0.5) is 0 Å². The van der Waals surface area contributed by atoms with Gasteiger partial charge in [0.2, 0.25) is 11.8 Å². The van der Waals surface area contributed by atoms with E-state index in [-0.39, 0.29) is 11.8 Å². The van der Waals surface area contributed by atoms with Crippen LogP contribution in [0.15, 0.2) is 0 Å². The van der Waals surface area contributed by atoms with Gasteiger partial charge in [0.25, 0.3) is 0 Å². The van der Waals surface area contributed by atoms with Crippen LogP contribution >= 0.6 is 0 Å². The zero-order chi connectivity index (χ0) is 15.1. The zero-order valence-corrected chi connectivity index (χ0v) is 13.0. The van der Waals surface area contributed by atoms with E-state index in [4.69, 9.17) is 4.74 Å². The summed E-state index contributed by atoms with van der Waals surface area (Å²) in [5.41, 5.74) is -0.434. The SMILES string of the molecule is COCC1(C(=O)NCCC(=O)N2CCCC2)CCNCC1. The highest BCUT2D eigenvalue weighted by Crippen LogP contribution is 2.29. The second kappa shape index (κ2) is 7.75. The lowest BCUT2D eigenvalue weighted by Gasteiger charge is -2.35. The maximum atomic E-state index is 12.5. The number of nitrogens with zero attached hydrogens (tertiary/aromatic N) is 1. The predicted molar refractivity (Wildman–Crippen MR) is 79.9 cm³/mol. The van der Waals surface area contributed by atoms with Crippen LogP contribution in [0.3, 0.4) is 0 Å². The van der Waals surface area contributed by atoms with E-state index in [0.717, 1.165) is 51.9 Å². The number of carbonyl (C=O) groups is 2. The smallest absolute Gasteiger partial charge is 0.228 e. The molecule has 2 saturated heterocycles. The minimum Gasteiger partial charge on any atom is -0.384 e. The van der Waals surface area contributed by atoms with Crippen molar-refractivity contribution in [2.24, 2.45) is 5.41 Å². The van der Waals surface area contributed by atoms with E-state index in [1.807, 2.05) is 4.90 Å². The lowest BCUT2D eigenvalue weighted by Crippen LogP contribution is -2.50.